The van der Waals surface area contributed by atoms with Gasteiger partial charge in [-0.15, -0.1) is 0 Å². The summed E-state index contributed by atoms with van der Waals surface area (Å²) in [6.07, 6.45) is 1.71. The molecule has 1 aliphatic heterocycles. The van der Waals surface area contributed by atoms with E-state index in [0.717, 1.165) is 27.4 Å². The lowest BCUT2D eigenvalue weighted by Crippen LogP contribution is -2.45. The van der Waals surface area contributed by atoms with Gasteiger partial charge in [0.25, 0.3) is 0 Å². The Bertz CT molecular complexity index is 1010. The molecule has 0 saturated carbocycles. The number of rotatable bonds is 6. The highest BCUT2D eigenvalue weighted by molar-refractivity contribution is 7.92. The molecule has 0 aliphatic carbocycles. The normalized spacial score (nSPS) is 17.7. The Labute approximate surface area is 179 Å². The molecule has 1 N–H and O–H groups in total. The van der Waals surface area contributed by atoms with Crippen molar-refractivity contribution in [2.45, 2.75) is 51.7 Å². The highest BCUT2D eigenvalue weighted by Crippen LogP contribution is 2.39. The first kappa shape index (κ1) is 22.2. The fourth-order valence-corrected chi connectivity index (χ4v) is 4.58. The predicted molar refractivity (Wildman–Crippen MR) is 119 cm³/mol. The van der Waals surface area contributed by atoms with Crippen LogP contribution in [-0.4, -0.2) is 32.7 Å². The topological polar surface area (TPSA) is 75.7 Å². The molecule has 1 heterocycles. The summed E-state index contributed by atoms with van der Waals surface area (Å²) >= 11 is 0. The van der Waals surface area contributed by atoms with Gasteiger partial charge in [-0.1, -0.05) is 44.2 Å². The number of benzene rings is 2. The van der Waals surface area contributed by atoms with Crippen molar-refractivity contribution >= 4 is 21.6 Å². The minimum Gasteiger partial charge on any atom is -0.487 e. The first-order valence-corrected chi connectivity index (χ1v) is 12.0. The van der Waals surface area contributed by atoms with E-state index in [1.807, 2.05) is 50.2 Å². The lowest BCUT2D eigenvalue weighted by molar-refractivity contribution is -0.120. The summed E-state index contributed by atoms with van der Waals surface area (Å²) in [5.74, 6) is 0.722. The van der Waals surface area contributed by atoms with Gasteiger partial charge in [-0.3, -0.25) is 9.10 Å². The van der Waals surface area contributed by atoms with Crippen molar-refractivity contribution in [2.24, 2.45) is 0 Å². The highest BCUT2D eigenvalue weighted by atomic mass is 32.2. The maximum absolute atomic E-state index is 12.9. The molecule has 2 aromatic rings. The maximum atomic E-state index is 12.9. The summed E-state index contributed by atoms with van der Waals surface area (Å²) in [6.45, 7) is 7.82. The van der Waals surface area contributed by atoms with Crippen molar-refractivity contribution in [1.82, 2.24) is 5.32 Å². The Morgan fingerprint density at radius 2 is 1.80 bits per heavy atom. The zero-order valence-electron chi connectivity index (χ0n) is 18.2. The summed E-state index contributed by atoms with van der Waals surface area (Å²) in [4.78, 5) is 12.9. The minimum absolute atomic E-state index is 0.248. The van der Waals surface area contributed by atoms with Crippen LogP contribution in [0.1, 0.15) is 57.2 Å². The molecule has 162 valence electrons. The van der Waals surface area contributed by atoms with E-state index in [2.05, 4.69) is 19.2 Å². The smallest absolute Gasteiger partial charge is 0.241 e. The molecular formula is C23H30N2O4S. The Kier molecular flexibility index (Phi) is 6.13. The van der Waals surface area contributed by atoms with Gasteiger partial charge < -0.3 is 10.1 Å². The maximum Gasteiger partial charge on any atom is 0.241 e. The van der Waals surface area contributed by atoms with Crippen molar-refractivity contribution in [3.63, 3.8) is 0 Å². The summed E-state index contributed by atoms with van der Waals surface area (Å²) in [5, 5.41) is 3.01. The largest absolute Gasteiger partial charge is 0.487 e. The van der Waals surface area contributed by atoms with E-state index in [1.54, 1.807) is 12.1 Å². The van der Waals surface area contributed by atoms with Crippen LogP contribution < -0.4 is 14.4 Å². The van der Waals surface area contributed by atoms with Crippen LogP contribution in [0.4, 0.5) is 5.69 Å². The molecule has 0 unspecified atom stereocenters. The van der Waals surface area contributed by atoms with Gasteiger partial charge in [0.1, 0.15) is 17.9 Å². The van der Waals surface area contributed by atoms with Crippen molar-refractivity contribution in [1.29, 1.82) is 0 Å². The number of ether oxygens (including phenoxy) is 1. The number of amides is 1. The lowest BCUT2D eigenvalue weighted by atomic mass is 9.89. The van der Waals surface area contributed by atoms with Crippen LogP contribution in [0, 0.1) is 0 Å². The second-order valence-electron chi connectivity index (χ2n) is 8.74. The molecule has 6 nitrogen and oxygen atoms in total. The predicted octanol–water partition coefficient (Wildman–Crippen LogP) is 3.99. The molecule has 0 fully saturated rings. The Morgan fingerprint density at radius 1 is 1.17 bits per heavy atom. The molecule has 2 aromatic carbocycles. The molecule has 0 radical (unpaired) electrons. The van der Waals surface area contributed by atoms with Gasteiger partial charge in [0.2, 0.25) is 15.9 Å². The van der Waals surface area contributed by atoms with Crippen LogP contribution in [0.25, 0.3) is 0 Å². The molecule has 1 atom stereocenters. The quantitative estimate of drug-likeness (QED) is 0.752. The average Bonchev–Trinajstić information content (AvgIpc) is 2.64. The van der Waals surface area contributed by atoms with Gasteiger partial charge in [0, 0.05) is 12.0 Å². The van der Waals surface area contributed by atoms with Gasteiger partial charge >= 0.3 is 0 Å². The van der Waals surface area contributed by atoms with Gasteiger partial charge in [0.15, 0.2) is 0 Å². The van der Waals surface area contributed by atoms with Gasteiger partial charge in [-0.2, -0.15) is 0 Å². The number of hydrogen-bond acceptors (Lipinski definition) is 4. The third-order valence-corrected chi connectivity index (χ3v) is 6.39. The van der Waals surface area contributed by atoms with Gasteiger partial charge in [-0.05, 0) is 43.5 Å². The summed E-state index contributed by atoms with van der Waals surface area (Å²) in [5.41, 5.74) is 2.05. The fourth-order valence-electron chi connectivity index (χ4n) is 3.73. The second kappa shape index (κ2) is 8.30. The number of anilines is 1. The molecule has 0 saturated heterocycles. The highest BCUT2D eigenvalue weighted by Gasteiger charge is 2.34. The molecule has 1 aliphatic rings. The van der Waals surface area contributed by atoms with Crippen molar-refractivity contribution < 1.29 is 17.9 Å². The Morgan fingerprint density at radius 3 is 2.40 bits per heavy atom. The number of hydrogen-bond donors (Lipinski definition) is 1. The van der Waals surface area contributed by atoms with Gasteiger partial charge in [0.05, 0.1) is 18.0 Å². The zero-order valence-corrected chi connectivity index (χ0v) is 19.0. The molecule has 0 aromatic heterocycles. The molecular weight excluding hydrogens is 400 g/mol. The van der Waals surface area contributed by atoms with Crippen molar-refractivity contribution in [3.8, 4) is 5.75 Å². The first-order valence-electron chi connectivity index (χ1n) is 10.1. The molecule has 3 rings (SSSR count). The number of sulfonamides is 1. The van der Waals surface area contributed by atoms with E-state index in [1.165, 1.54) is 0 Å². The number of carbonyl (C=O) groups excluding carboxylic acids is 1. The molecule has 7 heteroatoms. The molecule has 30 heavy (non-hydrogen) atoms. The second-order valence-corrected chi connectivity index (χ2v) is 10.6. The van der Waals surface area contributed by atoms with Crippen molar-refractivity contribution in [3.05, 3.63) is 59.7 Å². The Hall–Kier alpha value is -2.54. The number of carbonyl (C=O) groups is 1. The summed E-state index contributed by atoms with van der Waals surface area (Å²) in [6, 6.07) is 14.6. The minimum atomic E-state index is -3.62. The standard InChI is InChI=1S/C23H30N2O4S/c1-16(2)17-10-12-18(13-11-17)25(30(5,27)28)15-22(26)24-20-14-23(3,4)29-21-9-7-6-8-19(20)21/h6-13,16,20H,14-15H2,1-5H3,(H,24,26)/t20-/m1/s1. The van der Waals surface area contributed by atoms with E-state index in [0.29, 0.717) is 18.0 Å². The number of nitrogens with zero attached hydrogens (tertiary/aromatic N) is 1. The van der Waals surface area contributed by atoms with E-state index >= 15 is 0 Å². The van der Waals surface area contributed by atoms with E-state index < -0.39 is 15.6 Å². The van der Waals surface area contributed by atoms with E-state index in [-0.39, 0.29) is 18.5 Å². The third-order valence-electron chi connectivity index (χ3n) is 5.25. The van der Waals surface area contributed by atoms with Crippen LogP contribution in [0.5, 0.6) is 5.75 Å². The lowest BCUT2D eigenvalue weighted by Gasteiger charge is -2.38. The SMILES string of the molecule is CC(C)c1ccc(N(CC(=O)N[C@@H]2CC(C)(C)Oc3ccccc32)S(C)(=O)=O)cc1. The number of para-hydroxylation sites is 1. The summed E-state index contributed by atoms with van der Waals surface area (Å²) < 4.78 is 32.0. The average molecular weight is 431 g/mol. The molecule has 1 amide bonds. The van der Waals surface area contributed by atoms with Crippen LogP contribution in [0.3, 0.4) is 0 Å². The van der Waals surface area contributed by atoms with Crippen molar-refractivity contribution in [2.75, 3.05) is 17.1 Å². The molecule has 0 spiro atoms. The van der Waals surface area contributed by atoms with Crippen LogP contribution >= 0.6 is 0 Å². The van der Waals surface area contributed by atoms with Gasteiger partial charge in [-0.25, -0.2) is 8.42 Å². The Balaban J connectivity index is 1.80. The first-order chi connectivity index (χ1) is 14.0. The zero-order chi connectivity index (χ0) is 22.1. The molecule has 0 bridgehead atoms. The van der Waals surface area contributed by atoms with Crippen LogP contribution in [-0.2, 0) is 14.8 Å². The number of nitrogens with one attached hydrogen (secondary N) is 1. The monoisotopic (exact) mass is 430 g/mol. The summed E-state index contributed by atoms with van der Waals surface area (Å²) in [7, 11) is -3.62. The van der Waals surface area contributed by atoms with E-state index in [9.17, 15) is 13.2 Å². The fraction of sp³-hybridized carbons (Fsp3) is 0.435. The van der Waals surface area contributed by atoms with E-state index in [4.69, 9.17) is 4.74 Å². The van der Waals surface area contributed by atoms with Crippen LogP contribution in [0.15, 0.2) is 48.5 Å². The third kappa shape index (κ3) is 5.14. The van der Waals surface area contributed by atoms with Crippen LogP contribution in [0.2, 0.25) is 0 Å². The number of fused-ring (bicyclic) bond motifs is 1.